The van der Waals surface area contributed by atoms with Crippen molar-refractivity contribution in [1.82, 2.24) is 0 Å². The van der Waals surface area contributed by atoms with Gasteiger partial charge in [0.15, 0.2) is 0 Å². The van der Waals surface area contributed by atoms with Crippen LogP contribution in [0.5, 0.6) is 0 Å². The van der Waals surface area contributed by atoms with Crippen molar-refractivity contribution < 1.29 is 9.50 Å². The van der Waals surface area contributed by atoms with Crippen LogP contribution < -0.4 is 0 Å². The van der Waals surface area contributed by atoms with Gasteiger partial charge in [-0.15, -0.1) is 0 Å². The summed E-state index contributed by atoms with van der Waals surface area (Å²) in [5.41, 5.74) is 0.616. The molecule has 18 heavy (non-hydrogen) atoms. The highest BCUT2D eigenvalue weighted by atomic mass is 35.5. The van der Waals surface area contributed by atoms with Crippen LogP contribution in [-0.4, -0.2) is 5.11 Å². The van der Waals surface area contributed by atoms with Gasteiger partial charge < -0.3 is 5.11 Å². The van der Waals surface area contributed by atoms with Gasteiger partial charge in [-0.2, -0.15) is 0 Å². The van der Waals surface area contributed by atoms with Gasteiger partial charge in [-0.3, -0.25) is 0 Å². The monoisotopic (exact) mass is 270 g/mol. The molecule has 3 unspecified atom stereocenters. The molecule has 3 atom stereocenters. The Morgan fingerprint density at radius 2 is 2.06 bits per heavy atom. The first-order valence-corrected chi connectivity index (χ1v) is 7.13. The number of halogens is 2. The first-order chi connectivity index (χ1) is 8.61. The third-order valence-corrected chi connectivity index (χ3v) is 4.34. The van der Waals surface area contributed by atoms with Crippen LogP contribution in [0.15, 0.2) is 18.2 Å². The summed E-state index contributed by atoms with van der Waals surface area (Å²) in [4.78, 5) is 0. The zero-order valence-corrected chi connectivity index (χ0v) is 11.5. The SMILES string of the molecule is CCC1CCCCC1C(O)c1cc(F)cc(Cl)c1. The maximum atomic E-state index is 13.3. The molecule has 0 spiro atoms. The Bertz CT molecular complexity index is 387. The lowest BCUT2D eigenvalue weighted by Gasteiger charge is -2.34. The minimum Gasteiger partial charge on any atom is -0.388 e. The Morgan fingerprint density at radius 1 is 1.33 bits per heavy atom. The highest BCUT2D eigenvalue weighted by molar-refractivity contribution is 6.30. The molecule has 0 aliphatic heterocycles. The van der Waals surface area contributed by atoms with E-state index in [-0.39, 0.29) is 11.7 Å². The van der Waals surface area contributed by atoms with E-state index in [0.717, 1.165) is 19.3 Å². The fraction of sp³-hybridized carbons (Fsp3) is 0.600. The van der Waals surface area contributed by atoms with Gasteiger partial charge in [-0.1, -0.05) is 44.2 Å². The summed E-state index contributed by atoms with van der Waals surface area (Å²) in [7, 11) is 0. The maximum absolute atomic E-state index is 13.3. The summed E-state index contributed by atoms with van der Waals surface area (Å²) in [5.74, 6) is 0.401. The largest absolute Gasteiger partial charge is 0.388 e. The summed E-state index contributed by atoms with van der Waals surface area (Å²) in [6.07, 6.45) is 5.07. The van der Waals surface area contributed by atoms with Crippen molar-refractivity contribution in [3.63, 3.8) is 0 Å². The highest BCUT2D eigenvalue weighted by Gasteiger charge is 2.30. The second-order valence-corrected chi connectivity index (χ2v) is 5.70. The van der Waals surface area contributed by atoms with Crippen molar-refractivity contribution in [2.75, 3.05) is 0 Å². The molecule has 0 radical (unpaired) electrons. The number of rotatable bonds is 3. The first-order valence-electron chi connectivity index (χ1n) is 6.76. The van der Waals surface area contributed by atoms with Crippen molar-refractivity contribution >= 4 is 11.6 Å². The third-order valence-electron chi connectivity index (χ3n) is 4.12. The van der Waals surface area contributed by atoms with Crippen LogP contribution >= 0.6 is 11.6 Å². The zero-order chi connectivity index (χ0) is 13.1. The van der Waals surface area contributed by atoms with Crippen LogP contribution in [-0.2, 0) is 0 Å². The van der Waals surface area contributed by atoms with Crippen molar-refractivity contribution in [2.24, 2.45) is 11.8 Å². The van der Waals surface area contributed by atoms with Crippen molar-refractivity contribution in [3.05, 3.63) is 34.6 Å². The van der Waals surface area contributed by atoms with E-state index in [1.165, 1.54) is 25.0 Å². The van der Waals surface area contributed by atoms with Gasteiger partial charge in [-0.25, -0.2) is 4.39 Å². The summed E-state index contributed by atoms with van der Waals surface area (Å²) in [5, 5.41) is 10.8. The molecule has 1 nitrogen and oxygen atoms in total. The van der Waals surface area contributed by atoms with E-state index in [2.05, 4.69) is 6.92 Å². The molecular formula is C15H20ClFO. The van der Waals surface area contributed by atoms with Crippen molar-refractivity contribution in [3.8, 4) is 0 Å². The lowest BCUT2D eigenvalue weighted by molar-refractivity contribution is 0.0450. The summed E-state index contributed by atoms with van der Waals surface area (Å²) >= 11 is 5.85. The van der Waals surface area contributed by atoms with E-state index >= 15 is 0 Å². The predicted molar refractivity (Wildman–Crippen MR) is 72.1 cm³/mol. The van der Waals surface area contributed by atoms with Crippen LogP contribution in [0.4, 0.5) is 4.39 Å². The molecule has 1 saturated carbocycles. The number of aliphatic hydroxyl groups excluding tert-OH is 1. The molecule has 100 valence electrons. The van der Waals surface area contributed by atoms with Crippen LogP contribution in [0.1, 0.15) is 50.7 Å². The van der Waals surface area contributed by atoms with Crippen LogP contribution in [0.3, 0.4) is 0 Å². The predicted octanol–water partition coefficient (Wildman–Crippen LogP) is 4.73. The smallest absolute Gasteiger partial charge is 0.125 e. The first kappa shape index (κ1) is 13.8. The molecule has 1 N–H and O–H groups in total. The fourth-order valence-corrected chi connectivity index (χ4v) is 3.38. The Morgan fingerprint density at radius 3 is 2.72 bits per heavy atom. The van der Waals surface area contributed by atoms with Gasteiger partial charge in [0.05, 0.1) is 6.10 Å². The fourth-order valence-electron chi connectivity index (χ4n) is 3.15. The summed E-state index contributed by atoms with van der Waals surface area (Å²) in [6, 6.07) is 4.35. The van der Waals surface area contributed by atoms with Gasteiger partial charge in [0.1, 0.15) is 5.82 Å². The number of hydrogen-bond acceptors (Lipinski definition) is 1. The third kappa shape index (κ3) is 3.04. The molecular weight excluding hydrogens is 251 g/mol. The van der Waals surface area contributed by atoms with Gasteiger partial charge in [-0.05, 0) is 42.0 Å². The highest BCUT2D eigenvalue weighted by Crippen LogP contribution is 2.40. The number of benzene rings is 1. The molecule has 2 rings (SSSR count). The van der Waals surface area contributed by atoms with E-state index in [0.29, 0.717) is 16.5 Å². The average Bonchev–Trinajstić information content (AvgIpc) is 2.36. The molecule has 0 saturated heterocycles. The minimum atomic E-state index is -0.594. The lowest BCUT2D eigenvalue weighted by atomic mass is 9.73. The second-order valence-electron chi connectivity index (χ2n) is 5.26. The Hall–Kier alpha value is -0.600. The minimum absolute atomic E-state index is 0.238. The lowest BCUT2D eigenvalue weighted by Crippen LogP contribution is -2.25. The second kappa shape index (κ2) is 6.03. The molecule has 3 heteroatoms. The number of aliphatic hydroxyl groups is 1. The molecule has 0 bridgehead atoms. The maximum Gasteiger partial charge on any atom is 0.125 e. The van der Waals surface area contributed by atoms with Gasteiger partial charge >= 0.3 is 0 Å². The normalized spacial score (nSPS) is 26.0. The number of hydrogen-bond donors (Lipinski definition) is 1. The Labute approximate surface area is 113 Å². The Kier molecular flexibility index (Phi) is 4.63. The van der Waals surface area contributed by atoms with Gasteiger partial charge in [0, 0.05) is 5.02 Å². The average molecular weight is 271 g/mol. The van der Waals surface area contributed by atoms with Gasteiger partial charge in [0.25, 0.3) is 0 Å². The molecule has 1 aliphatic carbocycles. The zero-order valence-electron chi connectivity index (χ0n) is 10.7. The van der Waals surface area contributed by atoms with E-state index in [9.17, 15) is 9.50 Å². The molecule has 0 aromatic heterocycles. The van der Waals surface area contributed by atoms with Crippen LogP contribution in [0.2, 0.25) is 5.02 Å². The van der Waals surface area contributed by atoms with E-state index in [1.807, 2.05) is 0 Å². The van der Waals surface area contributed by atoms with E-state index in [4.69, 9.17) is 11.6 Å². The van der Waals surface area contributed by atoms with Crippen LogP contribution in [0.25, 0.3) is 0 Å². The van der Waals surface area contributed by atoms with Crippen molar-refractivity contribution in [1.29, 1.82) is 0 Å². The molecule has 1 aromatic rings. The molecule has 0 heterocycles. The van der Waals surface area contributed by atoms with Gasteiger partial charge in [0.2, 0.25) is 0 Å². The van der Waals surface area contributed by atoms with E-state index in [1.54, 1.807) is 6.07 Å². The van der Waals surface area contributed by atoms with E-state index < -0.39 is 6.10 Å². The molecule has 1 aromatic carbocycles. The molecule has 1 aliphatic rings. The van der Waals surface area contributed by atoms with Crippen LogP contribution in [0, 0.1) is 17.7 Å². The Balaban J connectivity index is 2.20. The molecule has 0 amide bonds. The topological polar surface area (TPSA) is 20.2 Å². The summed E-state index contributed by atoms with van der Waals surface area (Å²) < 4.78 is 13.3. The molecule has 1 fully saturated rings. The standard InChI is InChI=1S/C15H20ClFO/c1-2-10-5-3-4-6-14(10)15(18)11-7-12(16)9-13(17)8-11/h7-10,14-15,18H,2-6H2,1H3. The summed E-state index contributed by atoms with van der Waals surface area (Å²) in [6.45, 7) is 2.16. The van der Waals surface area contributed by atoms with Crippen molar-refractivity contribution in [2.45, 2.75) is 45.1 Å². The quantitative estimate of drug-likeness (QED) is 0.842.